The Balaban J connectivity index is 1.43. The number of H-pyrrole nitrogens is 2. The number of nitrogens with zero attached hydrogens (tertiary/aromatic N) is 3. The van der Waals surface area contributed by atoms with Gasteiger partial charge in [-0.05, 0) is 24.1 Å². The molecule has 5 heteroatoms. The summed E-state index contributed by atoms with van der Waals surface area (Å²) >= 11 is 0. The Bertz CT molecular complexity index is 874. The summed E-state index contributed by atoms with van der Waals surface area (Å²) in [5, 5.41) is 7.32. The van der Waals surface area contributed by atoms with Gasteiger partial charge in [0.1, 0.15) is 11.6 Å². The fraction of sp³-hybridized carbons (Fsp3) is 0.167. The molecule has 0 aliphatic carbocycles. The lowest BCUT2D eigenvalue weighted by molar-refractivity contribution is 0.865. The molecule has 0 spiro atoms. The number of benzene rings is 2. The molecule has 0 fully saturated rings. The lowest BCUT2D eigenvalue weighted by Crippen LogP contribution is -1.95. The summed E-state index contributed by atoms with van der Waals surface area (Å²) in [5.41, 5.74) is 3.33. The van der Waals surface area contributed by atoms with Crippen molar-refractivity contribution in [2.75, 3.05) is 0 Å². The third-order valence-corrected chi connectivity index (χ3v) is 3.83. The van der Waals surface area contributed by atoms with Crippen LogP contribution in [0.5, 0.6) is 0 Å². The van der Waals surface area contributed by atoms with Crippen LogP contribution in [0.2, 0.25) is 0 Å². The normalized spacial score (nSPS) is 11.1. The van der Waals surface area contributed by atoms with Gasteiger partial charge in [-0.15, -0.1) is 0 Å². The molecule has 114 valence electrons. The van der Waals surface area contributed by atoms with Crippen LogP contribution in [-0.2, 0) is 19.3 Å². The van der Waals surface area contributed by atoms with Gasteiger partial charge in [0.2, 0.25) is 0 Å². The molecule has 4 rings (SSSR count). The molecule has 0 unspecified atom stereocenters. The number of aromatic amines is 2. The number of hydrogen-bond donors (Lipinski definition) is 2. The largest absolute Gasteiger partial charge is 0.342 e. The van der Waals surface area contributed by atoms with Crippen LogP contribution in [0.4, 0.5) is 0 Å². The number of para-hydroxylation sites is 2. The van der Waals surface area contributed by atoms with Gasteiger partial charge in [0, 0.05) is 6.42 Å². The van der Waals surface area contributed by atoms with E-state index in [9.17, 15) is 0 Å². The lowest BCUT2D eigenvalue weighted by atomic mass is 10.1. The van der Waals surface area contributed by atoms with Crippen LogP contribution in [0.25, 0.3) is 11.0 Å². The van der Waals surface area contributed by atoms with Crippen molar-refractivity contribution in [2.24, 2.45) is 0 Å². The van der Waals surface area contributed by atoms with Gasteiger partial charge in [0.25, 0.3) is 0 Å². The Hall–Kier alpha value is -2.95. The van der Waals surface area contributed by atoms with Gasteiger partial charge < -0.3 is 4.98 Å². The van der Waals surface area contributed by atoms with Gasteiger partial charge in [-0.3, -0.25) is 5.10 Å². The van der Waals surface area contributed by atoms with E-state index in [1.807, 2.05) is 30.3 Å². The number of aryl methyl sites for hydroxylation is 2. The predicted molar refractivity (Wildman–Crippen MR) is 89.1 cm³/mol. The minimum Gasteiger partial charge on any atom is -0.342 e. The van der Waals surface area contributed by atoms with Crippen LogP contribution in [0.1, 0.15) is 23.0 Å². The Labute approximate surface area is 133 Å². The predicted octanol–water partition coefficient (Wildman–Crippen LogP) is 3.06. The molecular weight excluding hydrogens is 286 g/mol. The molecule has 0 radical (unpaired) electrons. The lowest BCUT2D eigenvalue weighted by Gasteiger charge is -1.97. The molecule has 2 aromatic carbocycles. The zero-order chi connectivity index (χ0) is 15.5. The van der Waals surface area contributed by atoms with Crippen LogP contribution in [0.3, 0.4) is 0 Å². The van der Waals surface area contributed by atoms with Crippen molar-refractivity contribution in [1.82, 2.24) is 25.1 Å². The fourth-order valence-electron chi connectivity index (χ4n) is 2.67. The van der Waals surface area contributed by atoms with Gasteiger partial charge in [-0.25, -0.2) is 9.97 Å². The number of rotatable bonds is 5. The molecule has 0 atom stereocenters. The molecular formula is C18H17N5. The maximum absolute atomic E-state index is 4.57. The summed E-state index contributed by atoms with van der Waals surface area (Å²) in [7, 11) is 0. The van der Waals surface area contributed by atoms with Crippen LogP contribution in [0.15, 0.2) is 54.6 Å². The molecule has 0 saturated carbocycles. The maximum Gasteiger partial charge on any atom is 0.151 e. The first-order valence-electron chi connectivity index (χ1n) is 7.74. The van der Waals surface area contributed by atoms with Gasteiger partial charge in [0.15, 0.2) is 5.82 Å². The van der Waals surface area contributed by atoms with Gasteiger partial charge in [-0.2, -0.15) is 5.10 Å². The van der Waals surface area contributed by atoms with E-state index in [1.165, 1.54) is 5.56 Å². The number of hydrogen-bond acceptors (Lipinski definition) is 3. The number of imidazole rings is 1. The molecule has 2 aromatic heterocycles. The Kier molecular flexibility index (Phi) is 3.60. The number of nitrogens with one attached hydrogen (secondary N) is 2. The highest BCUT2D eigenvalue weighted by molar-refractivity contribution is 5.74. The highest BCUT2D eigenvalue weighted by Gasteiger charge is 2.08. The molecule has 0 aliphatic rings. The first-order valence-corrected chi connectivity index (χ1v) is 7.74. The monoisotopic (exact) mass is 303 g/mol. The van der Waals surface area contributed by atoms with Crippen LogP contribution in [-0.4, -0.2) is 25.1 Å². The first-order chi connectivity index (χ1) is 11.4. The third kappa shape index (κ3) is 3.13. The first kappa shape index (κ1) is 13.7. The Morgan fingerprint density at radius 2 is 1.61 bits per heavy atom. The van der Waals surface area contributed by atoms with Crippen LogP contribution in [0, 0.1) is 0 Å². The Morgan fingerprint density at radius 1 is 0.783 bits per heavy atom. The summed E-state index contributed by atoms with van der Waals surface area (Å²) in [6, 6.07) is 18.4. The molecule has 23 heavy (non-hydrogen) atoms. The summed E-state index contributed by atoms with van der Waals surface area (Å²) in [5.74, 6) is 2.59. The second kappa shape index (κ2) is 6.04. The maximum atomic E-state index is 4.57. The van der Waals surface area contributed by atoms with Crippen molar-refractivity contribution < 1.29 is 0 Å². The quantitative estimate of drug-likeness (QED) is 0.595. The van der Waals surface area contributed by atoms with Crippen molar-refractivity contribution in [3.8, 4) is 0 Å². The van der Waals surface area contributed by atoms with Crippen LogP contribution < -0.4 is 0 Å². The summed E-state index contributed by atoms with van der Waals surface area (Å²) < 4.78 is 0. The van der Waals surface area contributed by atoms with Crippen molar-refractivity contribution in [2.45, 2.75) is 19.3 Å². The third-order valence-electron chi connectivity index (χ3n) is 3.83. The molecule has 0 bridgehead atoms. The average molecular weight is 303 g/mol. The summed E-state index contributed by atoms with van der Waals surface area (Å²) in [6.45, 7) is 0. The van der Waals surface area contributed by atoms with Crippen molar-refractivity contribution in [1.29, 1.82) is 0 Å². The zero-order valence-corrected chi connectivity index (χ0v) is 12.7. The van der Waals surface area contributed by atoms with E-state index in [1.54, 1.807) is 0 Å². The highest BCUT2D eigenvalue weighted by atomic mass is 15.2. The van der Waals surface area contributed by atoms with Gasteiger partial charge in [0.05, 0.1) is 17.5 Å². The minimum absolute atomic E-state index is 0.632. The molecule has 2 N–H and O–H groups in total. The Morgan fingerprint density at radius 3 is 2.48 bits per heavy atom. The molecule has 0 saturated heterocycles. The van der Waals surface area contributed by atoms with Crippen molar-refractivity contribution in [3.05, 3.63) is 77.6 Å². The average Bonchev–Trinajstić information content (AvgIpc) is 3.20. The number of fused-ring (bicyclic) bond motifs is 1. The van der Waals surface area contributed by atoms with E-state index in [0.29, 0.717) is 6.42 Å². The second-order valence-electron chi connectivity index (χ2n) is 5.56. The highest BCUT2D eigenvalue weighted by Crippen LogP contribution is 2.12. The fourth-order valence-corrected chi connectivity index (χ4v) is 2.67. The second-order valence-corrected chi connectivity index (χ2v) is 5.56. The van der Waals surface area contributed by atoms with E-state index >= 15 is 0 Å². The molecule has 2 heterocycles. The summed E-state index contributed by atoms with van der Waals surface area (Å²) in [4.78, 5) is 12.4. The van der Waals surface area contributed by atoms with E-state index in [2.05, 4.69) is 49.4 Å². The smallest absolute Gasteiger partial charge is 0.151 e. The van der Waals surface area contributed by atoms with Gasteiger partial charge >= 0.3 is 0 Å². The van der Waals surface area contributed by atoms with Gasteiger partial charge in [-0.1, -0.05) is 42.5 Å². The van der Waals surface area contributed by atoms with E-state index in [0.717, 1.165) is 41.3 Å². The molecule has 5 nitrogen and oxygen atoms in total. The van der Waals surface area contributed by atoms with E-state index in [4.69, 9.17) is 0 Å². The van der Waals surface area contributed by atoms with Crippen LogP contribution >= 0.6 is 0 Å². The van der Waals surface area contributed by atoms with Crippen molar-refractivity contribution in [3.63, 3.8) is 0 Å². The molecule has 4 aromatic rings. The molecule has 0 amide bonds. The molecule has 0 aliphatic heterocycles. The zero-order valence-electron chi connectivity index (χ0n) is 12.7. The number of aromatic nitrogens is 5. The minimum atomic E-state index is 0.632. The summed E-state index contributed by atoms with van der Waals surface area (Å²) in [6.07, 6.45) is 2.41. The van der Waals surface area contributed by atoms with E-state index in [-0.39, 0.29) is 0 Å². The SMILES string of the molecule is c1ccc(CCc2n[nH]c(Cc3nc4ccccc4[nH]3)n2)cc1. The van der Waals surface area contributed by atoms with E-state index < -0.39 is 0 Å². The van der Waals surface area contributed by atoms with Crippen molar-refractivity contribution >= 4 is 11.0 Å². The topological polar surface area (TPSA) is 70.2 Å². The standard InChI is InChI=1S/C18H17N5/c1-2-6-13(7-3-1)10-11-16-21-18(23-22-16)12-17-19-14-8-4-5-9-15(14)20-17/h1-9H,10-12H2,(H,19,20)(H,21,22,23).